The molecule has 0 unspecified atom stereocenters. The zero-order chi connectivity index (χ0) is 21.1. The number of para-hydroxylation sites is 1. The summed E-state index contributed by atoms with van der Waals surface area (Å²) >= 11 is 0. The number of allylic oxidation sites excluding steroid dienone is 2. The molecule has 2 fully saturated rings. The Bertz CT molecular complexity index is 972. The third-order valence-electron chi connectivity index (χ3n) is 5.99. The molecular formula is C23H29N5O2. The number of hydrogen-bond donors (Lipinski definition) is 2. The smallest absolute Gasteiger partial charge is 0.219 e. The number of benzene rings is 1. The number of pyridine rings is 1. The van der Waals surface area contributed by atoms with Crippen molar-refractivity contribution in [3.05, 3.63) is 60.1 Å². The van der Waals surface area contributed by atoms with Gasteiger partial charge in [-0.05, 0) is 49.2 Å². The number of aromatic nitrogens is 1. The van der Waals surface area contributed by atoms with Crippen molar-refractivity contribution in [1.82, 2.24) is 9.88 Å². The lowest BCUT2D eigenvalue weighted by molar-refractivity contribution is -0.130. The van der Waals surface area contributed by atoms with Gasteiger partial charge in [-0.15, -0.1) is 0 Å². The molecule has 1 aromatic carbocycles. The highest BCUT2D eigenvalue weighted by Gasteiger charge is 2.31. The molecule has 4 N–H and O–H groups in total. The topological polar surface area (TPSA) is 97.7 Å². The lowest BCUT2D eigenvalue weighted by Crippen LogP contribution is -2.53. The van der Waals surface area contributed by atoms with Crippen molar-refractivity contribution >= 4 is 22.6 Å². The fraction of sp³-hybridized carbons (Fsp3) is 0.391. The lowest BCUT2D eigenvalue weighted by atomic mass is 9.89. The first-order valence-corrected chi connectivity index (χ1v) is 10.5. The van der Waals surface area contributed by atoms with Crippen molar-refractivity contribution in [2.75, 3.05) is 31.1 Å². The lowest BCUT2D eigenvalue weighted by Gasteiger charge is -2.40. The molecule has 0 bridgehead atoms. The van der Waals surface area contributed by atoms with Crippen LogP contribution >= 0.6 is 0 Å². The number of amides is 1. The molecule has 30 heavy (non-hydrogen) atoms. The van der Waals surface area contributed by atoms with Crippen LogP contribution in [0.15, 0.2) is 60.1 Å². The van der Waals surface area contributed by atoms with Crippen LogP contribution in [0.1, 0.15) is 19.8 Å². The highest BCUT2D eigenvalue weighted by atomic mass is 16.5. The zero-order valence-corrected chi connectivity index (χ0v) is 17.3. The third-order valence-corrected chi connectivity index (χ3v) is 5.99. The summed E-state index contributed by atoms with van der Waals surface area (Å²) in [5.74, 6) is 1.76. The highest BCUT2D eigenvalue weighted by molar-refractivity contribution is 5.80. The molecule has 0 spiro atoms. The monoisotopic (exact) mass is 407 g/mol. The average Bonchev–Trinajstić information content (AvgIpc) is 2.74. The number of piperidine rings is 1. The van der Waals surface area contributed by atoms with Gasteiger partial charge in [0.25, 0.3) is 0 Å². The number of ether oxygens (including phenoxy) is 1. The van der Waals surface area contributed by atoms with Crippen molar-refractivity contribution < 1.29 is 9.53 Å². The first-order valence-electron chi connectivity index (χ1n) is 10.5. The van der Waals surface area contributed by atoms with Gasteiger partial charge in [-0.1, -0.05) is 18.2 Å². The molecule has 2 aliphatic rings. The molecule has 1 amide bonds. The van der Waals surface area contributed by atoms with Crippen molar-refractivity contribution in [3.8, 4) is 0 Å². The van der Waals surface area contributed by atoms with Gasteiger partial charge in [0.05, 0.1) is 18.6 Å². The van der Waals surface area contributed by atoms with Gasteiger partial charge in [-0.2, -0.15) is 0 Å². The minimum absolute atomic E-state index is 0.0248. The maximum atomic E-state index is 11.6. The highest BCUT2D eigenvalue weighted by Crippen LogP contribution is 2.29. The summed E-state index contributed by atoms with van der Waals surface area (Å²) in [6.07, 6.45) is 5.10. The molecule has 2 saturated heterocycles. The molecule has 158 valence electrons. The first kappa shape index (κ1) is 20.1. The second-order valence-electron chi connectivity index (χ2n) is 7.97. The van der Waals surface area contributed by atoms with E-state index in [1.165, 1.54) is 6.20 Å². The summed E-state index contributed by atoms with van der Waals surface area (Å²) in [6, 6.07) is 12.2. The average molecular weight is 408 g/mol. The fourth-order valence-electron chi connectivity index (χ4n) is 4.21. The van der Waals surface area contributed by atoms with E-state index < -0.39 is 0 Å². The normalized spacial score (nSPS) is 19.1. The van der Waals surface area contributed by atoms with Crippen LogP contribution in [0.4, 0.5) is 5.82 Å². The van der Waals surface area contributed by atoms with E-state index >= 15 is 0 Å². The Kier molecular flexibility index (Phi) is 5.79. The number of carbonyl (C=O) groups excluding carboxylic acids is 1. The first-order chi connectivity index (χ1) is 14.5. The maximum Gasteiger partial charge on any atom is 0.219 e. The second kappa shape index (κ2) is 8.65. The number of nitrogens with zero attached hydrogens (tertiary/aromatic N) is 3. The largest absolute Gasteiger partial charge is 0.472 e. The molecule has 4 rings (SSSR count). The third kappa shape index (κ3) is 4.20. The van der Waals surface area contributed by atoms with Crippen molar-refractivity contribution in [2.45, 2.75) is 25.9 Å². The Labute approximate surface area is 177 Å². The van der Waals surface area contributed by atoms with E-state index in [2.05, 4.69) is 17.0 Å². The van der Waals surface area contributed by atoms with Gasteiger partial charge in [0.2, 0.25) is 5.91 Å². The molecule has 0 saturated carbocycles. The molecule has 2 aliphatic heterocycles. The van der Waals surface area contributed by atoms with Crippen molar-refractivity contribution in [1.29, 1.82) is 0 Å². The van der Waals surface area contributed by atoms with Gasteiger partial charge >= 0.3 is 0 Å². The second-order valence-corrected chi connectivity index (χ2v) is 7.97. The summed E-state index contributed by atoms with van der Waals surface area (Å²) in [5.41, 5.74) is 13.9. The van der Waals surface area contributed by atoms with Crippen LogP contribution < -0.4 is 16.4 Å². The van der Waals surface area contributed by atoms with E-state index in [1.54, 1.807) is 6.92 Å². The molecule has 0 radical (unpaired) electrons. The summed E-state index contributed by atoms with van der Waals surface area (Å²) < 4.78 is 6.07. The van der Waals surface area contributed by atoms with Crippen LogP contribution in [0.2, 0.25) is 0 Å². The van der Waals surface area contributed by atoms with Crippen LogP contribution in [0.3, 0.4) is 0 Å². The molecular weight excluding hydrogens is 378 g/mol. The summed E-state index contributed by atoms with van der Waals surface area (Å²) in [7, 11) is 0. The fourth-order valence-corrected chi connectivity index (χ4v) is 4.21. The SMILES string of the molecule is CC(=O)N1CCC(C(/C=C\N)=C(/N)OC2CN(c3ccc4ccccc4n3)C2)CC1. The standard InChI is InChI=1S/C23H29N5O2/c1-16(29)27-12-9-17(10-13-27)20(8-11-24)23(25)30-19-14-28(15-19)22-7-6-18-4-2-3-5-21(18)26-22/h2-8,11,17,19H,9-10,12-15,24-25H2,1H3/b11-8-,23-20-. The van der Waals surface area contributed by atoms with E-state index in [4.69, 9.17) is 21.2 Å². The molecule has 7 nitrogen and oxygen atoms in total. The van der Waals surface area contributed by atoms with Gasteiger partial charge in [0.15, 0.2) is 5.88 Å². The number of rotatable bonds is 5. The Morgan fingerprint density at radius 2 is 1.90 bits per heavy atom. The Morgan fingerprint density at radius 3 is 2.60 bits per heavy atom. The minimum Gasteiger partial charge on any atom is -0.472 e. The maximum absolute atomic E-state index is 11.6. The summed E-state index contributed by atoms with van der Waals surface area (Å²) in [5, 5.41) is 1.13. The van der Waals surface area contributed by atoms with Crippen molar-refractivity contribution in [2.24, 2.45) is 17.4 Å². The van der Waals surface area contributed by atoms with E-state index in [1.807, 2.05) is 35.2 Å². The van der Waals surface area contributed by atoms with E-state index in [0.29, 0.717) is 5.88 Å². The predicted octanol–water partition coefficient (Wildman–Crippen LogP) is 2.34. The van der Waals surface area contributed by atoms with Crippen LogP contribution in [-0.2, 0) is 9.53 Å². The van der Waals surface area contributed by atoms with Crippen LogP contribution in [0, 0.1) is 5.92 Å². The van der Waals surface area contributed by atoms with Crippen molar-refractivity contribution in [3.63, 3.8) is 0 Å². The molecule has 1 aromatic heterocycles. The molecule has 7 heteroatoms. The van der Waals surface area contributed by atoms with Crippen LogP contribution in [0.5, 0.6) is 0 Å². The Morgan fingerprint density at radius 1 is 1.17 bits per heavy atom. The number of anilines is 1. The molecule has 2 aromatic rings. The number of hydrogen-bond acceptors (Lipinski definition) is 6. The Hall–Kier alpha value is -3.22. The quantitative estimate of drug-likeness (QED) is 0.583. The minimum atomic E-state index is 0.0248. The van der Waals surface area contributed by atoms with Gasteiger partial charge in [-0.25, -0.2) is 4.98 Å². The number of carbonyl (C=O) groups is 1. The van der Waals surface area contributed by atoms with E-state index in [9.17, 15) is 4.79 Å². The van der Waals surface area contributed by atoms with Gasteiger partial charge in [0, 0.05) is 31.0 Å². The zero-order valence-electron chi connectivity index (χ0n) is 17.3. The summed E-state index contributed by atoms with van der Waals surface area (Å²) in [6.45, 7) is 4.57. The van der Waals surface area contributed by atoms with E-state index in [0.717, 1.165) is 61.3 Å². The van der Waals surface area contributed by atoms with Gasteiger partial charge in [0.1, 0.15) is 11.9 Å². The number of nitrogens with two attached hydrogens (primary N) is 2. The van der Waals surface area contributed by atoms with Gasteiger partial charge < -0.3 is 26.0 Å². The Balaban J connectivity index is 1.38. The molecule has 0 atom stereocenters. The van der Waals surface area contributed by atoms with E-state index in [-0.39, 0.29) is 17.9 Å². The number of fused-ring (bicyclic) bond motifs is 1. The van der Waals surface area contributed by atoms with Gasteiger partial charge in [-0.3, -0.25) is 4.79 Å². The molecule has 3 heterocycles. The number of likely N-dealkylation sites (tertiary alicyclic amines) is 1. The van der Waals surface area contributed by atoms with Crippen LogP contribution in [0.25, 0.3) is 10.9 Å². The van der Waals surface area contributed by atoms with Crippen LogP contribution in [-0.4, -0.2) is 48.1 Å². The summed E-state index contributed by atoms with van der Waals surface area (Å²) in [4.78, 5) is 20.4. The predicted molar refractivity (Wildman–Crippen MR) is 118 cm³/mol. The molecule has 0 aliphatic carbocycles.